The van der Waals surface area contributed by atoms with Crippen molar-refractivity contribution in [2.75, 3.05) is 9.80 Å². The van der Waals surface area contributed by atoms with Crippen molar-refractivity contribution < 1.29 is 0 Å². The van der Waals surface area contributed by atoms with E-state index in [0.717, 1.165) is 77.0 Å². The van der Waals surface area contributed by atoms with Crippen LogP contribution >= 0.6 is 22.7 Å². The minimum Gasteiger partial charge on any atom is -0.309 e. The molecule has 14 rings (SSSR count). The van der Waals surface area contributed by atoms with Crippen molar-refractivity contribution in [2.24, 2.45) is 0 Å². The summed E-state index contributed by atoms with van der Waals surface area (Å²) in [6, 6.07) is 84.1. The van der Waals surface area contributed by atoms with Crippen LogP contribution in [0, 0.1) is 0 Å². The summed E-state index contributed by atoms with van der Waals surface area (Å²) in [5.74, 6) is 0. The van der Waals surface area contributed by atoms with Gasteiger partial charge >= 0.3 is 0 Å². The molecule has 0 aliphatic heterocycles. The van der Waals surface area contributed by atoms with E-state index in [1.54, 1.807) is 0 Å². The number of fused-ring (bicyclic) bond motifs is 6. The van der Waals surface area contributed by atoms with Crippen LogP contribution < -0.4 is 9.80 Å². The molecule has 2 heterocycles. The fourth-order valence-electron chi connectivity index (χ4n) is 13.6. The van der Waals surface area contributed by atoms with Gasteiger partial charge in [-0.3, -0.25) is 0 Å². The maximum absolute atomic E-state index is 2.66. The third kappa shape index (κ3) is 9.58. The number of thiophene rings is 2. The van der Waals surface area contributed by atoms with Crippen molar-refractivity contribution >= 4 is 129 Å². The van der Waals surface area contributed by atoms with Gasteiger partial charge in [-0.1, -0.05) is 223 Å². The molecule has 2 nitrogen and oxygen atoms in total. The molecular formula is C80H72N2S2. The zero-order valence-electron chi connectivity index (χ0n) is 49.0. The van der Waals surface area contributed by atoms with E-state index in [1.165, 1.54) is 151 Å². The first-order valence-corrected chi connectivity index (χ1v) is 32.7. The first-order valence-electron chi connectivity index (χ1n) is 31.1. The molecule has 0 aliphatic carbocycles. The lowest BCUT2D eigenvalue weighted by Crippen LogP contribution is -2.16. The largest absolute Gasteiger partial charge is 0.309 e. The highest BCUT2D eigenvalue weighted by molar-refractivity contribution is 7.26. The molecule has 0 aliphatic rings. The highest BCUT2D eigenvalue weighted by Crippen LogP contribution is 2.51. The summed E-state index contributed by atoms with van der Waals surface area (Å²) >= 11 is 3.81. The molecule has 0 radical (unpaired) electrons. The zero-order chi connectivity index (χ0) is 56.7. The SMILES string of the molecule is CCCCc1cccc(CCCC)c1N(c1ccc(-c2cccc3c2sc2ccccc23)cc1)c1ccc2ccc3c(N(c4ccc(-c5cccc6c5sc5ccccc56)cc4)c4c(CCCC)cccc4CCCC)ccc4ccc1c2c43. The average Bonchev–Trinajstić information content (AvgIpc) is 2.07. The Kier molecular flexibility index (Phi) is 15.0. The molecule has 0 bridgehead atoms. The molecule has 0 spiro atoms. The summed E-state index contributed by atoms with van der Waals surface area (Å²) in [4.78, 5) is 5.31. The van der Waals surface area contributed by atoms with E-state index in [2.05, 4.69) is 256 Å². The van der Waals surface area contributed by atoms with Crippen LogP contribution in [0.15, 0.2) is 218 Å². The minimum atomic E-state index is 1.03. The summed E-state index contributed by atoms with van der Waals surface area (Å²) in [6.07, 6.45) is 13.2. The molecule has 0 saturated heterocycles. The summed E-state index contributed by atoms with van der Waals surface area (Å²) in [6.45, 7) is 9.29. The maximum atomic E-state index is 2.66. The Morgan fingerprint density at radius 1 is 0.298 bits per heavy atom. The average molecular weight is 1130 g/mol. The van der Waals surface area contributed by atoms with Gasteiger partial charge < -0.3 is 9.80 Å². The number of nitrogens with zero attached hydrogens (tertiary/aromatic N) is 2. The fraction of sp³-hybridized carbons (Fsp3) is 0.200. The number of anilines is 6. The lowest BCUT2D eigenvalue weighted by Gasteiger charge is -2.33. The first kappa shape index (κ1) is 53.7. The molecule has 14 aromatic rings. The Labute approximate surface area is 503 Å². The number of para-hydroxylation sites is 2. The summed E-state index contributed by atoms with van der Waals surface area (Å²) in [5.41, 5.74) is 18.2. The van der Waals surface area contributed by atoms with Crippen molar-refractivity contribution in [1.82, 2.24) is 0 Å². The number of unbranched alkanes of at least 4 members (excludes halogenated alkanes) is 4. The second kappa shape index (κ2) is 23.4. The summed E-state index contributed by atoms with van der Waals surface area (Å²) in [5, 5.41) is 13.0. The monoisotopic (exact) mass is 1120 g/mol. The van der Waals surface area contributed by atoms with Gasteiger partial charge in [-0.25, -0.2) is 0 Å². The van der Waals surface area contributed by atoms with Crippen LogP contribution in [-0.2, 0) is 25.7 Å². The van der Waals surface area contributed by atoms with Gasteiger partial charge in [0.25, 0.3) is 0 Å². The van der Waals surface area contributed by atoms with Crippen LogP contribution in [0.3, 0.4) is 0 Å². The van der Waals surface area contributed by atoms with Crippen LogP contribution in [0.5, 0.6) is 0 Å². The van der Waals surface area contributed by atoms with E-state index in [4.69, 9.17) is 0 Å². The Morgan fingerprint density at radius 2 is 0.643 bits per heavy atom. The minimum absolute atomic E-state index is 1.03. The smallest absolute Gasteiger partial charge is 0.0540 e. The maximum Gasteiger partial charge on any atom is 0.0540 e. The standard InChI is InChI=1S/C80H72N2S2/c1-5-9-21-57-25-17-26-58(22-10-6-2)77(57)81(61-45-37-53(38-46-61)63-31-19-33-67-65-29-13-15-35-73(65)83-79(63)67)71-51-43-55-42-50-70-72(52-44-56-41-49-69(71)75(55)76(56)70)82(78-59(23-11-7-3)27-18-28-60(78)24-12-8-4)62-47-39-54(40-48-62)64-32-20-34-68-66-30-14-16-36-74(66)84-80(64)68/h13-20,25-52H,5-12,21-24H2,1-4H3. The van der Waals surface area contributed by atoms with Crippen molar-refractivity contribution in [2.45, 2.75) is 105 Å². The molecule has 0 unspecified atom stereocenters. The second-order valence-corrected chi connectivity index (χ2v) is 25.3. The van der Waals surface area contributed by atoms with Crippen molar-refractivity contribution in [3.05, 3.63) is 241 Å². The van der Waals surface area contributed by atoms with E-state index in [9.17, 15) is 0 Å². The van der Waals surface area contributed by atoms with Crippen LogP contribution in [0.1, 0.15) is 101 Å². The lowest BCUT2D eigenvalue weighted by molar-refractivity contribution is 0.780. The van der Waals surface area contributed by atoms with E-state index in [1.807, 2.05) is 22.7 Å². The van der Waals surface area contributed by atoms with Crippen LogP contribution in [0.2, 0.25) is 0 Å². The Bertz CT molecular complexity index is 4320. The van der Waals surface area contributed by atoms with Gasteiger partial charge in [0.1, 0.15) is 0 Å². The second-order valence-electron chi connectivity index (χ2n) is 23.2. The van der Waals surface area contributed by atoms with Crippen molar-refractivity contribution in [3.63, 3.8) is 0 Å². The van der Waals surface area contributed by atoms with Crippen molar-refractivity contribution in [1.29, 1.82) is 0 Å². The van der Waals surface area contributed by atoms with Gasteiger partial charge in [0.2, 0.25) is 0 Å². The van der Waals surface area contributed by atoms with Crippen LogP contribution in [0.25, 0.3) is 94.9 Å². The topological polar surface area (TPSA) is 6.48 Å². The molecule has 84 heavy (non-hydrogen) atoms. The number of rotatable bonds is 20. The molecule has 0 amide bonds. The van der Waals surface area contributed by atoms with Gasteiger partial charge in [0, 0.05) is 62.5 Å². The number of benzene rings is 12. The van der Waals surface area contributed by atoms with E-state index in [-0.39, 0.29) is 0 Å². The van der Waals surface area contributed by atoms with Gasteiger partial charge in [-0.05, 0) is 166 Å². The third-order valence-electron chi connectivity index (χ3n) is 17.8. The first-order chi connectivity index (χ1) is 41.5. The van der Waals surface area contributed by atoms with Gasteiger partial charge in [-0.15, -0.1) is 22.7 Å². The number of aryl methyl sites for hydroxylation is 4. The Hall–Kier alpha value is -8.28. The molecule has 0 atom stereocenters. The van der Waals surface area contributed by atoms with E-state index in [0.29, 0.717) is 0 Å². The molecule has 0 N–H and O–H groups in total. The molecular weight excluding hydrogens is 1050 g/mol. The lowest BCUT2D eigenvalue weighted by atomic mass is 9.90. The summed E-state index contributed by atoms with van der Waals surface area (Å²) in [7, 11) is 0. The highest BCUT2D eigenvalue weighted by Gasteiger charge is 2.27. The van der Waals surface area contributed by atoms with Crippen LogP contribution in [0.4, 0.5) is 34.1 Å². The Balaban J connectivity index is 0.972. The van der Waals surface area contributed by atoms with Gasteiger partial charge in [-0.2, -0.15) is 0 Å². The van der Waals surface area contributed by atoms with Crippen LogP contribution in [-0.4, -0.2) is 0 Å². The van der Waals surface area contributed by atoms with E-state index < -0.39 is 0 Å². The molecule has 12 aromatic carbocycles. The predicted molar refractivity (Wildman–Crippen MR) is 371 cm³/mol. The molecule has 0 saturated carbocycles. The molecule has 2 aromatic heterocycles. The normalized spacial score (nSPS) is 11.9. The fourth-order valence-corrected chi connectivity index (χ4v) is 16.1. The molecule has 0 fully saturated rings. The predicted octanol–water partition coefficient (Wildman–Crippen LogP) is 25.0. The molecule has 4 heteroatoms. The zero-order valence-corrected chi connectivity index (χ0v) is 50.6. The number of hydrogen-bond acceptors (Lipinski definition) is 4. The van der Waals surface area contributed by atoms with E-state index >= 15 is 0 Å². The third-order valence-corrected chi connectivity index (χ3v) is 20.3. The number of hydrogen-bond donors (Lipinski definition) is 0. The highest BCUT2D eigenvalue weighted by atomic mass is 32.1. The quantitative estimate of drug-likeness (QED) is 0.0702. The van der Waals surface area contributed by atoms with Crippen molar-refractivity contribution in [3.8, 4) is 22.3 Å². The Morgan fingerprint density at radius 3 is 1.02 bits per heavy atom. The summed E-state index contributed by atoms with van der Waals surface area (Å²) < 4.78 is 5.36. The van der Waals surface area contributed by atoms with Gasteiger partial charge in [0.05, 0.1) is 22.7 Å². The molecule has 414 valence electrons. The van der Waals surface area contributed by atoms with Gasteiger partial charge in [0.15, 0.2) is 0 Å².